The van der Waals surface area contributed by atoms with Crippen molar-refractivity contribution in [3.8, 4) is 0 Å². The zero-order chi connectivity index (χ0) is 17.2. The Morgan fingerprint density at radius 1 is 1.43 bits per heavy atom. The van der Waals surface area contributed by atoms with Crippen LogP contribution in [0.3, 0.4) is 0 Å². The lowest BCUT2D eigenvalue weighted by Gasteiger charge is -2.17. The van der Waals surface area contributed by atoms with Crippen LogP contribution in [0.1, 0.15) is 24.5 Å². The maximum absolute atomic E-state index is 11.9. The standard InChI is InChI=1S/C18H25NO4/c1-4-5-9-23-14(3)17(20)19-12-16(18(21)22)11-15-8-6-7-13(2)10-15/h4,6-8,10,14,16H,1,5,9,11-12H2,2-3H3,(H,19,20)(H,21,22). The van der Waals surface area contributed by atoms with Crippen molar-refractivity contribution >= 4 is 11.9 Å². The van der Waals surface area contributed by atoms with E-state index < -0.39 is 18.0 Å². The van der Waals surface area contributed by atoms with Crippen molar-refractivity contribution in [2.75, 3.05) is 13.2 Å². The van der Waals surface area contributed by atoms with Gasteiger partial charge in [-0.15, -0.1) is 6.58 Å². The molecule has 126 valence electrons. The molecule has 2 N–H and O–H groups in total. The highest BCUT2D eigenvalue weighted by molar-refractivity contribution is 5.81. The average molecular weight is 319 g/mol. The minimum atomic E-state index is -0.924. The molecule has 0 saturated carbocycles. The molecule has 0 aliphatic heterocycles. The van der Waals surface area contributed by atoms with E-state index in [9.17, 15) is 14.7 Å². The van der Waals surface area contributed by atoms with E-state index in [-0.39, 0.29) is 12.5 Å². The van der Waals surface area contributed by atoms with Crippen LogP contribution in [0.15, 0.2) is 36.9 Å². The molecule has 1 amide bonds. The molecular formula is C18H25NO4. The van der Waals surface area contributed by atoms with Gasteiger partial charge in [-0.2, -0.15) is 0 Å². The Morgan fingerprint density at radius 3 is 2.78 bits per heavy atom. The Hall–Kier alpha value is -2.14. The first kappa shape index (κ1) is 18.9. The van der Waals surface area contributed by atoms with Gasteiger partial charge in [-0.05, 0) is 32.3 Å². The Labute approximate surface area is 137 Å². The number of nitrogens with one attached hydrogen (secondary N) is 1. The number of carboxylic acid groups (broad SMARTS) is 1. The topological polar surface area (TPSA) is 75.6 Å². The SMILES string of the molecule is C=CCCOC(C)C(=O)NCC(Cc1cccc(C)c1)C(=O)O. The van der Waals surface area contributed by atoms with Crippen LogP contribution in [-0.2, 0) is 20.7 Å². The van der Waals surface area contributed by atoms with Crippen molar-refractivity contribution in [3.63, 3.8) is 0 Å². The van der Waals surface area contributed by atoms with E-state index >= 15 is 0 Å². The lowest BCUT2D eigenvalue weighted by molar-refractivity contribution is -0.142. The van der Waals surface area contributed by atoms with Crippen LogP contribution >= 0.6 is 0 Å². The van der Waals surface area contributed by atoms with Gasteiger partial charge in [0.2, 0.25) is 5.91 Å². The Morgan fingerprint density at radius 2 is 2.17 bits per heavy atom. The number of carboxylic acids is 1. The fourth-order valence-electron chi connectivity index (χ4n) is 2.14. The van der Waals surface area contributed by atoms with E-state index in [1.807, 2.05) is 31.2 Å². The van der Waals surface area contributed by atoms with Gasteiger partial charge in [-0.1, -0.05) is 35.9 Å². The van der Waals surface area contributed by atoms with E-state index in [0.717, 1.165) is 11.1 Å². The Balaban J connectivity index is 2.51. The average Bonchev–Trinajstić information content (AvgIpc) is 2.51. The van der Waals surface area contributed by atoms with E-state index in [4.69, 9.17) is 4.74 Å². The van der Waals surface area contributed by atoms with Crippen LogP contribution < -0.4 is 5.32 Å². The smallest absolute Gasteiger partial charge is 0.308 e. The zero-order valence-corrected chi connectivity index (χ0v) is 13.7. The van der Waals surface area contributed by atoms with E-state index in [1.165, 1.54) is 0 Å². The summed E-state index contributed by atoms with van der Waals surface area (Å²) in [4.78, 5) is 23.3. The van der Waals surface area contributed by atoms with Gasteiger partial charge in [0.25, 0.3) is 0 Å². The number of hydrogen-bond acceptors (Lipinski definition) is 3. The summed E-state index contributed by atoms with van der Waals surface area (Å²) >= 11 is 0. The highest BCUT2D eigenvalue weighted by Crippen LogP contribution is 2.11. The Bertz CT molecular complexity index is 542. The van der Waals surface area contributed by atoms with E-state index in [0.29, 0.717) is 19.4 Å². The summed E-state index contributed by atoms with van der Waals surface area (Å²) in [6.07, 6.45) is 2.15. The van der Waals surface area contributed by atoms with Gasteiger partial charge in [0, 0.05) is 6.54 Å². The second-order valence-electron chi connectivity index (χ2n) is 5.56. The van der Waals surface area contributed by atoms with Crippen LogP contribution in [0.25, 0.3) is 0 Å². The predicted molar refractivity (Wildman–Crippen MR) is 89.2 cm³/mol. The van der Waals surface area contributed by atoms with Crippen LogP contribution in [0.2, 0.25) is 0 Å². The van der Waals surface area contributed by atoms with Gasteiger partial charge >= 0.3 is 5.97 Å². The van der Waals surface area contributed by atoms with Gasteiger partial charge in [0.1, 0.15) is 6.10 Å². The first-order valence-electron chi connectivity index (χ1n) is 7.72. The maximum Gasteiger partial charge on any atom is 0.308 e. The molecule has 0 fully saturated rings. The number of aryl methyl sites for hydroxylation is 1. The quantitative estimate of drug-likeness (QED) is 0.513. The number of aliphatic carboxylic acids is 1. The molecule has 0 saturated heterocycles. The van der Waals surface area contributed by atoms with Crippen molar-refractivity contribution in [1.82, 2.24) is 5.32 Å². The molecule has 1 rings (SSSR count). The summed E-state index contributed by atoms with van der Waals surface area (Å²) in [6.45, 7) is 7.69. The molecule has 0 bridgehead atoms. The largest absolute Gasteiger partial charge is 0.481 e. The zero-order valence-electron chi connectivity index (χ0n) is 13.7. The second kappa shape index (κ2) is 9.79. The molecule has 0 aliphatic carbocycles. The highest BCUT2D eigenvalue weighted by atomic mass is 16.5. The van der Waals surface area contributed by atoms with Crippen molar-refractivity contribution in [1.29, 1.82) is 0 Å². The number of amides is 1. The number of benzene rings is 1. The summed E-state index contributed by atoms with van der Waals surface area (Å²) in [5.74, 6) is -1.89. The summed E-state index contributed by atoms with van der Waals surface area (Å²) in [5, 5.41) is 12.0. The molecule has 5 heteroatoms. The third-order valence-corrected chi connectivity index (χ3v) is 3.50. The van der Waals surface area contributed by atoms with Crippen molar-refractivity contribution < 1.29 is 19.4 Å². The van der Waals surface area contributed by atoms with Crippen LogP contribution in [0.5, 0.6) is 0 Å². The van der Waals surface area contributed by atoms with Crippen LogP contribution in [0, 0.1) is 12.8 Å². The van der Waals surface area contributed by atoms with Crippen LogP contribution in [-0.4, -0.2) is 36.2 Å². The highest BCUT2D eigenvalue weighted by Gasteiger charge is 2.21. The second-order valence-corrected chi connectivity index (χ2v) is 5.56. The molecule has 2 atom stereocenters. The molecule has 2 unspecified atom stereocenters. The van der Waals surface area contributed by atoms with Crippen LogP contribution in [0.4, 0.5) is 0 Å². The molecule has 0 radical (unpaired) electrons. The molecule has 1 aromatic carbocycles. The van der Waals surface area contributed by atoms with Crippen molar-refractivity contribution in [2.24, 2.45) is 5.92 Å². The number of rotatable bonds is 10. The molecule has 1 aromatic rings. The number of ether oxygens (including phenoxy) is 1. The van der Waals surface area contributed by atoms with E-state index in [1.54, 1.807) is 13.0 Å². The maximum atomic E-state index is 11.9. The minimum Gasteiger partial charge on any atom is -0.481 e. The summed E-state index contributed by atoms with van der Waals surface area (Å²) in [6, 6.07) is 7.71. The summed E-state index contributed by atoms with van der Waals surface area (Å²) in [5.41, 5.74) is 2.03. The fraction of sp³-hybridized carbons (Fsp3) is 0.444. The molecule has 23 heavy (non-hydrogen) atoms. The molecular weight excluding hydrogens is 294 g/mol. The van der Waals surface area contributed by atoms with Crippen molar-refractivity contribution in [2.45, 2.75) is 32.8 Å². The Kier molecular flexibility index (Phi) is 8.05. The predicted octanol–water partition coefficient (Wildman–Crippen LogP) is 2.34. The number of hydrogen-bond donors (Lipinski definition) is 2. The fourth-order valence-corrected chi connectivity index (χ4v) is 2.14. The van der Waals surface area contributed by atoms with Gasteiger partial charge in [0.05, 0.1) is 12.5 Å². The minimum absolute atomic E-state index is 0.0806. The summed E-state index contributed by atoms with van der Waals surface area (Å²) in [7, 11) is 0. The lowest BCUT2D eigenvalue weighted by Crippen LogP contribution is -2.39. The molecule has 5 nitrogen and oxygen atoms in total. The number of carbonyl (C=O) groups excluding carboxylic acids is 1. The normalized spacial score (nSPS) is 13.1. The third-order valence-electron chi connectivity index (χ3n) is 3.50. The summed E-state index contributed by atoms with van der Waals surface area (Å²) < 4.78 is 5.34. The van der Waals surface area contributed by atoms with Gasteiger partial charge in [-0.3, -0.25) is 9.59 Å². The molecule has 0 spiro atoms. The molecule has 0 heterocycles. The van der Waals surface area contributed by atoms with Gasteiger partial charge in [-0.25, -0.2) is 0 Å². The first-order valence-corrected chi connectivity index (χ1v) is 7.72. The van der Waals surface area contributed by atoms with Gasteiger partial charge in [0.15, 0.2) is 0 Å². The number of carbonyl (C=O) groups is 2. The van der Waals surface area contributed by atoms with Gasteiger partial charge < -0.3 is 15.2 Å². The van der Waals surface area contributed by atoms with E-state index in [2.05, 4.69) is 11.9 Å². The first-order chi connectivity index (χ1) is 10.9. The third kappa shape index (κ3) is 7.10. The lowest BCUT2D eigenvalue weighted by atomic mass is 9.98. The molecule has 0 aliphatic rings. The molecule has 0 aromatic heterocycles. The van der Waals surface area contributed by atoms with Crippen molar-refractivity contribution in [3.05, 3.63) is 48.0 Å². The monoisotopic (exact) mass is 319 g/mol.